The molecule has 0 aliphatic carbocycles. The maximum atomic E-state index is 5.83. The van der Waals surface area contributed by atoms with Crippen molar-refractivity contribution in [2.45, 2.75) is 13.0 Å². The van der Waals surface area contributed by atoms with Crippen molar-refractivity contribution in [3.05, 3.63) is 27.7 Å². The highest BCUT2D eigenvalue weighted by atomic mass is 79.9. The summed E-state index contributed by atoms with van der Waals surface area (Å²) in [5.41, 5.74) is 0.915. The molecule has 0 aromatic heterocycles. The summed E-state index contributed by atoms with van der Waals surface area (Å²) in [6.45, 7) is 1.91. The maximum Gasteiger partial charge on any atom is 0.0846 e. The van der Waals surface area contributed by atoms with Gasteiger partial charge in [-0.05, 0) is 41.1 Å². The Morgan fingerprint density at radius 3 is 2.92 bits per heavy atom. The van der Waals surface area contributed by atoms with Gasteiger partial charge >= 0.3 is 0 Å². The first kappa shape index (κ1) is 10.4. The lowest BCUT2D eigenvalue weighted by Gasteiger charge is -2.11. The average Bonchev–Trinajstić information content (AvgIpc) is 2.11. The number of hydrogen-bond donors (Lipinski definition) is 1. The van der Waals surface area contributed by atoms with E-state index >= 15 is 0 Å². The highest BCUT2D eigenvalue weighted by molar-refractivity contribution is 9.10. The third kappa shape index (κ3) is 2.95. The number of halogens is 2. The van der Waals surface area contributed by atoms with Gasteiger partial charge in [0.1, 0.15) is 0 Å². The van der Waals surface area contributed by atoms with Gasteiger partial charge in [0, 0.05) is 9.50 Å². The van der Waals surface area contributed by atoms with Gasteiger partial charge in [0.05, 0.1) is 11.7 Å². The molecule has 1 aromatic carbocycles. The van der Waals surface area contributed by atoms with Gasteiger partial charge < -0.3 is 5.32 Å². The van der Waals surface area contributed by atoms with Crippen LogP contribution >= 0.6 is 27.5 Å². The minimum absolute atomic E-state index is 0.00485. The average molecular weight is 259 g/mol. The van der Waals surface area contributed by atoms with Crippen LogP contribution in [0.1, 0.15) is 6.92 Å². The van der Waals surface area contributed by atoms with Crippen molar-refractivity contribution in [3.8, 4) is 12.3 Å². The first-order valence-corrected chi connectivity index (χ1v) is 4.98. The fourth-order valence-corrected chi connectivity index (χ4v) is 1.42. The molecule has 0 amide bonds. The van der Waals surface area contributed by atoms with Crippen LogP contribution in [0.3, 0.4) is 0 Å². The summed E-state index contributed by atoms with van der Waals surface area (Å²) in [5, 5.41) is 3.82. The van der Waals surface area contributed by atoms with E-state index < -0.39 is 0 Å². The number of nitrogens with one attached hydrogen (secondary N) is 1. The second-order valence-corrected chi connectivity index (χ2v) is 3.95. The van der Waals surface area contributed by atoms with E-state index in [4.69, 9.17) is 18.0 Å². The monoisotopic (exact) mass is 257 g/mol. The Labute approximate surface area is 91.6 Å². The quantitative estimate of drug-likeness (QED) is 0.800. The molecule has 68 valence electrons. The van der Waals surface area contributed by atoms with Crippen LogP contribution in [0, 0.1) is 12.3 Å². The number of benzene rings is 1. The van der Waals surface area contributed by atoms with Crippen molar-refractivity contribution in [2.24, 2.45) is 0 Å². The van der Waals surface area contributed by atoms with Crippen molar-refractivity contribution in [3.63, 3.8) is 0 Å². The summed E-state index contributed by atoms with van der Waals surface area (Å²) in [4.78, 5) is 0. The Morgan fingerprint density at radius 1 is 1.62 bits per heavy atom. The lowest BCUT2D eigenvalue weighted by molar-refractivity contribution is 1.03. The molecule has 0 aliphatic rings. The molecular formula is C10H9BrClN. The van der Waals surface area contributed by atoms with Gasteiger partial charge in [-0.15, -0.1) is 6.42 Å². The summed E-state index contributed by atoms with van der Waals surface area (Å²) in [7, 11) is 0. The molecule has 0 saturated heterocycles. The second-order valence-electron chi connectivity index (χ2n) is 2.66. The van der Waals surface area contributed by atoms with Crippen LogP contribution < -0.4 is 5.32 Å². The third-order valence-electron chi connectivity index (χ3n) is 1.55. The van der Waals surface area contributed by atoms with E-state index in [1.54, 1.807) is 0 Å². The van der Waals surface area contributed by atoms with E-state index in [0.29, 0.717) is 5.02 Å². The standard InChI is InChI=1S/C10H9BrClN/c1-3-7(2)13-10-6-8(12)4-5-9(10)11/h1,4-7,13H,2H3. The molecule has 0 spiro atoms. The van der Waals surface area contributed by atoms with Crippen LogP contribution in [0.15, 0.2) is 22.7 Å². The Bertz CT molecular complexity index is 343. The fraction of sp³-hybridized carbons (Fsp3) is 0.200. The molecule has 1 nitrogen and oxygen atoms in total. The number of hydrogen-bond acceptors (Lipinski definition) is 1. The molecular weight excluding hydrogens is 249 g/mol. The normalized spacial score (nSPS) is 11.8. The minimum Gasteiger partial charge on any atom is -0.371 e. The van der Waals surface area contributed by atoms with Crippen molar-refractivity contribution < 1.29 is 0 Å². The molecule has 0 heterocycles. The highest BCUT2D eigenvalue weighted by Gasteiger charge is 2.02. The zero-order valence-corrected chi connectivity index (χ0v) is 9.48. The molecule has 1 atom stereocenters. The van der Waals surface area contributed by atoms with Crippen molar-refractivity contribution in [2.75, 3.05) is 5.32 Å². The Morgan fingerprint density at radius 2 is 2.31 bits per heavy atom. The molecule has 1 N–H and O–H groups in total. The Balaban J connectivity index is 2.88. The topological polar surface area (TPSA) is 12.0 Å². The molecule has 1 unspecified atom stereocenters. The van der Waals surface area contributed by atoms with Gasteiger partial charge in [-0.1, -0.05) is 17.5 Å². The van der Waals surface area contributed by atoms with Crippen molar-refractivity contribution in [1.29, 1.82) is 0 Å². The van der Waals surface area contributed by atoms with E-state index in [9.17, 15) is 0 Å². The second kappa shape index (κ2) is 4.55. The van der Waals surface area contributed by atoms with Crippen LogP contribution in [0.4, 0.5) is 5.69 Å². The van der Waals surface area contributed by atoms with Gasteiger partial charge in [0.25, 0.3) is 0 Å². The number of terminal acetylenes is 1. The largest absolute Gasteiger partial charge is 0.371 e. The summed E-state index contributed by atoms with van der Waals surface area (Å²) >= 11 is 9.23. The number of anilines is 1. The predicted octanol–water partition coefficient (Wildman–Crippen LogP) is 3.54. The summed E-state index contributed by atoms with van der Waals surface area (Å²) in [6.07, 6.45) is 5.25. The van der Waals surface area contributed by atoms with Crippen LogP contribution in [0.25, 0.3) is 0 Å². The highest BCUT2D eigenvalue weighted by Crippen LogP contribution is 2.26. The Kier molecular flexibility index (Phi) is 3.65. The van der Waals surface area contributed by atoms with E-state index in [-0.39, 0.29) is 6.04 Å². The van der Waals surface area contributed by atoms with Gasteiger partial charge in [-0.3, -0.25) is 0 Å². The molecule has 1 aromatic rings. The van der Waals surface area contributed by atoms with Gasteiger partial charge in [-0.25, -0.2) is 0 Å². The van der Waals surface area contributed by atoms with Crippen LogP contribution in [-0.4, -0.2) is 6.04 Å². The zero-order valence-electron chi connectivity index (χ0n) is 7.14. The third-order valence-corrected chi connectivity index (χ3v) is 2.48. The number of rotatable bonds is 2. The van der Waals surface area contributed by atoms with Crippen LogP contribution in [-0.2, 0) is 0 Å². The molecule has 0 aliphatic heterocycles. The fourth-order valence-electron chi connectivity index (χ4n) is 0.883. The minimum atomic E-state index is -0.00485. The Hall–Kier alpha value is -0.650. The van der Waals surface area contributed by atoms with E-state index in [1.165, 1.54) is 0 Å². The lowest BCUT2D eigenvalue weighted by atomic mass is 10.3. The molecule has 13 heavy (non-hydrogen) atoms. The summed E-state index contributed by atoms with van der Waals surface area (Å²) in [6, 6.07) is 5.53. The first-order chi connectivity index (χ1) is 6.13. The van der Waals surface area contributed by atoms with Crippen molar-refractivity contribution >= 4 is 33.2 Å². The van der Waals surface area contributed by atoms with Gasteiger partial charge in [-0.2, -0.15) is 0 Å². The summed E-state index contributed by atoms with van der Waals surface area (Å²) < 4.78 is 0.957. The van der Waals surface area contributed by atoms with Gasteiger partial charge in [0.15, 0.2) is 0 Å². The van der Waals surface area contributed by atoms with Crippen molar-refractivity contribution in [1.82, 2.24) is 0 Å². The van der Waals surface area contributed by atoms with E-state index in [0.717, 1.165) is 10.2 Å². The lowest BCUT2D eigenvalue weighted by Crippen LogP contribution is -2.12. The van der Waals surface area contributed by atoms with Gasteiger partial charge in [0.2, 0.25) is 0 Å². The summed E-state index contributed by atoms with van der Waals surface area (Å²) in [5.74, 6) is 2.59. The molecule has 3 heteroatoms. The molecule has 0 bridgehead atoms. The van der Waals surface area contributed by atoms with E-state index in [2.05, 4.69) is 27.2 Å². The van der Waals surface area contributed by atoms with E-state index in [1.807, 2.05) is 25.1 Å². The molecule has 0 radical (unpaired) electrons. The SMILES string of the molecule is C#CC(C)Nc1cc(Cl)ccc1Br. The maximum absolute atomic E-state index is 5.83. The smallest absolute Gasteiger partial charge is 0.0846 e. The predicted molar refractivity (Wildman–Crippen MR) is 61.1 cm³/mol. The zero-order chi connectivity index (χ0) is 9.84. The van der Waals surface area contributed by atoms with Crippen LogP contribution in [0.2, 0.25) is 5.02 Å². The van der Waals surface area contributed by atoms with Crippen LogP contribution in [0.5, 0.6) is 0 Å². The molecule has 0 saturated carbocycles. The molecule has 0 fully saturated rings. The molecule has 1 rings (SSSR count). The first-order valence-electron chi connectivity index (χ1n) is 3.81.